The van der Waals surface area contributed by atoms with Crippen molar-refractivity contribution in [1.29, 1.82) is 0 Å². The van der Waals surface area contributed by atoms with Crippen LogP contribution >= 0.6 is 11.8 Å². The van der Waals surface area contributed by atoms with Crippen LogP contribution < -0.4 is 0 Å². The molecule has 1 N–H and O–H groups in total. The normalized spacial score (nSPS) is 32.6. The molecule has 2 saturated heterocycles. The predicted molar refractivity (Wildman–Crippen MR) is 63.9 cm³/mol. The van der Waals surface area contributed by atoms with Gasteiger partial charge in [0.15, 0.2) is 0 Å². The van der Waals surface area contributed by atoms with Crippen LogP contribution in [0.2, 0.25) is 0 Å². The second kappa shape index (κ2) is 5.27. The molecule has 0 saturated carbocycles. The number of carbonyl (C=O) groups excluding carboxylic acids is 1. The number of amides is 1. The summed E-state index contributed by atoms with van der Waals surface area (Å²) < 4.78 is 5.19. The lowest BCUT2D eigenvalue weighted by molar-refractivity contribution is -0.145. The van der Waals surface area contributed by atoms with E-state index in [1.807, 2.05) is 0 Å². The van der Waals surface area contributed by atoms with Crippen LogP contribution in [0.4, 0.5) is 0 Å². The number of carboxylic acids is 1. The zero-order valence-corrected chi connectivity index (χ0v) is 10.6. The molecule has 0 aromatic heterocycles. The first-order valence-corrected chi connectivity index (χ1v) is 6.91. The molecule has 96 valence electrons. The average molecular weight is 259 g/mol. The molecule has 5 nitrogen and oxygen atoms in total. The highest BCUT2D eigenvalue weighted by Crippen LogP contribution is 2.27. The highest BCUT2D eigenvalue weighted by atomic mass is 32.2. The summed E-state index contributed by atoms with van der Waals surface area (Å²) in [6, 6.07) is -0.314. The third-order valence-electron chi connectivity index (χ3n) is 3.49. The molecule has 0 aliphatic carbocycles. The van der Waals surface area contributed by atoms with E-state index in [0.29, 0.717) is 6.61 Å². The Balaban J connectivity index is 2.00. The van der Waals surface area contributed by atoms with Crippen molar-refractivity contribution in [2.24, 2.45) is 11.8 Å². The maximum atomic E-state index is 12.2. The van der Waals surface area contributed by atoms with Crippen LogP contribution in [-0.2, 0) is 14.3 Å². The summed E-state index contributed by atoms with van der Waals surface area (Å²) in [6.45, 7) is 0.538. The number of aliphatic carboxylic acids is 1. The van der Waals surface area contributed by atoms with E-state index in [1.54, 1.807) is 23.7 Å². The van der Waals surface area contributed by atoms with Gasteiger partial charge in [-0.2, -0.15) is 11.8 Å². The van der Waals surface area contributed by atoms with Crippen LogP contribution in [0.15, 0.2) is 0 Å². The van der Waals surface area contributed by atoms with E-state index in [0.717, 1.165) is 17.9 Å². The number of hydrogen-bond acceptors (Lipinski definition) is 4. The molecule has 0 spiro atoms. The fourth-order valence-electron chi connectivity index (χ4n) is 2.34. The zero-order valence-electron chi connectivity index (χ0n) is 9.80. The summed E-state index contributed by atoms with van der Waals surface area (Å²) in [5.74, 6) is 0.533. The number of rotatable bonds is 3. The second-order valence-electron chi connectivity index (χ2n) is 4.56. The monoisotopic (exact) mass is 259 g/mol. The molecule has 17 heavy (non-hydrogen) atoms. The smallest absolute Gasteiger partial charge is 0.311 e. The van der Waals surface area contributed by atoms with Crippen molar-refractivity contribution in [3.8, 4) is 0 Å². The maximum absolute atomic E-state index is 12.2. The van der Waals surface area contributed by atoms with E-state index < -0.39 is 11.9 Å². The van der Waals surface area contributed by atoms with Gasteiger partial charge in [0.1, 0.15) is 5.92 Å². The summed E-state index contributed by atoms with van der Waals surface area (Å²) in [5.41, 5.74) is 0. The van der Waals surface area contributed by atoms with Gasteiger partial charge in [0, 0.05) is 18.7 Å². The molecule has 0 radical (unpaired) electrons. The zero-order chi connectivity index (χ0) is 12.4. The molecular weight excluding hydrogens is 242 g/mol. The van der Waals surface area contributed by atoms with Crippen LogP contribution in [-0.4, -0.2) is 59.7 Å². The number of thioether (sulfide) groups is 1. The van der Waals surface area contributed by atoms with Gasteiger partial charge in [0.05, 0.1) is 19.3 Å². The van der Waals surface area contributed by atoms with Crippen LogP contribution in [0.25, 0.3) is 0 Å². The van der Waals surface area contributed by atoms with Crippen molar-refractivity contribution < 1.29 is 19.4 Å². The largest absolute Gasteiger partial charge is 0.481 e. The Kier molecular flexibility index (Phi) is 3.93. The lowest BCUT2D eigenvalue weighted by Crippen LogP contribution is -2.46. The fourth-order valence-corrected chi connectivity index (χ4v) is 3.55. The lowest BCUT2D eigenvalue weighted by atomic mass is 10.0. The van der Waals surface area contributed by atoms with Crippen molar-refractivity contribution >= 4 is 23.6 Å². The van der Waals surface area contributed by atoms with E-state index >= 15 is 0 Å². The van der Waals surface area contributed by atoms with E-state index in [2.05, 4.69) is 0 Å². The van der Waals surface area contributed by atoms with Crippen molar-refractivity contribution in [1.82, 2.24) is 4.90 Å². The quantitative estimate of drug-likeness (QED) is 0.789. The van der Waals surface area contributed by atoms with Crippen LogP contribution in [0, 0.1) is 11.8 Å². The van der Waals surface area contributed by atoms with E-state index in [4.69, 9.17) is 9.84 Å². The van der Waals surface area contributed by atoms with Gasteiger partial charge in [-0.15, -0.1) is 0 Å². The van der Waals surface area contributed by atoms with Crippen molar-refractivity contribution in [2.45, 2.75) is 12.5 Å². The molecule has 2 rings (SSSR count). The Morgan fingerprint density at radius 3 is 2.76 bits per heavy atom. The molecule has 0 aromatic rings. The van der Waals surface area contributed by atoms with E-state index in [9.17, 15) is 9.59 Å². The van der Waals surface area contributed by atoms with Gasteiger partial charge in [-0.25, -0.2) is 0 Å². The summed E-state index contributed by atoms with van der Waals surface area (Å²) in [7, 11) is 1.70. The minimum atomic E-state index is -0.882. The second-order valence-corrected chi connectivity index (χ2v) is 5.71. The van der Waals surface area contributed by atoms with Crippen LogP contribution in [0.3, 0.4) is 0 Å². The standard InChI is InChI=1S/C11H17NO4S/c1-12(10(13)7-2-3-17-6-7)9-5-16-4-8(9)11(14)15/h7-9H,2-6H2,1H3,(H,14,15). The SMILES string of the molecule is CN(C(=O)C1CCSC1)C1COCC1C(=O)O. The highest BCUT2D eigenvalue weighted by molar-refractivity contribution is 7.99. The van der Waals surface area contributed by atoms with Gasteiger partial charge in [-0.05, 0) is 12.2 Å². The number of likely N-dealkylation sites (N-methyl/N-ethyl adjacent to an activating group) is 1. The minimum Gasteiger partial charge on any atom is -0.481 e. The molecule has 2 aliphatic rings. The molecule has 2 heterocycles. The van der Waals surface area contributed by atoms with Gasteiger partial charge in [0.2, 0.25) is 5.91 Å². The predicted octanol–water partition coefficient (Wildman–Crippen LogP) is 0.297. The molecule has 6 heteroatoms. The minimum absolute atomic E-state index is 0.0556. The third-order valence-corrected chi connectivity index (χ3v) is 4.65. The first-order valence-electron chi connectivity index (χ1n) is 5.76. The number of carboxylic acid groups (broad SMARTS) is 1. The first kappa shape index (κ1) is 12.7. The Morgan fingerprint density at radius 1 is 1.41 bits per heavy atom. The molecule has 3 atom stereocenters. The number of ether oxygens (including phenoxy) is 1. The Labute approximate surface area is 104 Å². The molecule has 1 amide bonds. The van der Waals surface area contributed by atoms with Gasteiger partial charge >= 0.3 is 5.97 Å². The number of hydrogen-bond donors (Lipinski definition) is 1. The van der Waals surface area contributed by atoms with Crippen LogP contribution in [0.1, 0.15) is 6.42 Å². The summed E-state index contributed by atoms with van der Waals surface area (Å²) in [6.07, 6.45) is 0.902. The van der Waals surface area contributed by atoms with Gasteiger partial charge in [-0.3, -0.25) is 9.59 Å². The molecule has 2 aliphatic heterocycles. The van der Waals surface area contributed by atoms with Crippen molar-refractivity contribution in [2.75, 3.05) is 31.8 Å². The van der Waals surface area contributed by atoms with E-state index in [1.165, 1.54) is 0 Å². The van der Waals surface area contributed by atoms with Crippen LogP contribution in [0.5, 0.6) is 0 Å². The Bertz CT molecular complexity index is 317. The Hall–Kier alpha value is -0.750. The summed E-state index contributed by atoms with van der Waals surface area (Å²) in [5, 5.41) is 9.06. The van der Waals surface area contributed by atoms with Crippen molar-refractivity contribution in [3.05, 3.63) is 0 Å². The fraction of sp³-hybridized carbons (Fsp3) is 0.818. The lowest BCUT2D eigenvalue weighted by Gasteiger charge is -2.28. The molecule has 3 unspecified atom stereocenters. The first-order chi connectivity index (χ1) is 8.11. The molecule has 0 aromatic carbocycles. The maximum Gasteiger partial charge on any atom is 0.311 e. The third kappa shape index (κ3) is 2.57. The number of carbonyl (C=O) groups is 2. The van der Waals surface area contributed by atoms with Gasteiger partial charge in [0.25, 0.3) is 0 Å². The van der Waals surface area contributed by atoms with Crippen molar-refractivity contribution in [3.63, 3.8) is 0 Å². The topological polar surface area (TPSA) is 66.8 Å². The van der Waals surface area contributed by atoms with Gasteiger partial charge in [-0.1, -0.05) is 0 Å². The molecule has 0 bridgehead atoms. The Morgan fingerprint density at radius 2 is 2.18 bits per heavy atom. The van der Waals surface area contributed by atoms with Gasteiger partial charge < -0.3 is 14.7 Å². The summed E-state index contributed by atoms with van der Waals surface area (Å²) in [4.78, 5) is 24.8. The molecule has 2 fully saturated rings. The van der Waals surface area contributed by atoms with E-state index in [-0.39, 0.29) is 24.5 Å². The number of nitrogens with zero attached hydrogens (tertiary/aromatic N) is 1. The average Bonchev–Trinajstić information content (AvgIpc) is 2.97. The highest BCUT2D eigenvalue weighted by Gasteiger charge is 2.40. The molecular formula is C11H17NO4S. The summed E-state index contributed by atoms with van der Waals surface area (Å²) >= 11 is 1.78.